The summed E-state index contributed by atoms with van der Waals surface area (Å²) in [6, 6.07) is 5.43. The molecule has 114 valence electrons. The second-order valence-corrected chi connectivity index (χ2v) is 5.00. The van der Waals surface area contributed by atoms with E-state index >= 15 is 0 Å². The van der Waals surface area contributed by atoms with Gasteiger partial charge in [0, 0.05) is 12.1 Å². The maximum absolute atomic E-state index is 12.3. The topological polar surface area (TPSA) is 53.1 Å². The number of ether oxygens (including phenoxy) is 1. The summed E-state index contributed by atoms with van der Waals surface area (Å²) in [6.45, 7) is 3.93. The van der Waals surface area contributed by atoms with Gasteiger partial charge in [0.15, 0.2) is 0 Å². The Bertz CT molecular complexity index is 608. The molecule has 2 rings (SSSR count). The number of nitrogens with zero attached hydrogens (tertiary/aromatic N) is 2. The molecule has 2 N–H and O–H groups in total. The molecule has 7 heteroatoms. The van der Waals surface area contributed by atoms with Gasteiger partial charge in [-0.1, -0.05) is 19.9 Å². The van der Waals surface area contributed by atoms with Crippen molar-refractivity contribution < 1.29 is 17.9 Å². The lowest BCUT2D eigenvalue weighted by molar-refractivity contribution is -0.274. The quantitative estimate of drug-likeness (QED) is 0.941. The zero-order valence-corrected chi connectivity index (χ0v) is 11.6. The number of rotatable bonds is 4. The first-order chi connectivity index (χ1) is 9.78. The maximum atomic E-state index is 12.3. The van der Waals surface area contributed by atoms with Crippen molar-refractivity contribution in [3.63, 3.8) is 0 Å². The van der Waals surface area contributed by atoms with Gasteiger partial charge in [0.05, 0.1) is 23.9 Å². The van der Waals surface area contributed by atoms with Crippen LogP contribution in [0.25, 0.3) is 5.69 Å². The molecule has 2 aromatic rings. The molecule has 1 aromatic carbocycles. The Balaban J connectivity index is 2.35. The molecule has 0 aliphatic rings. The van der Waals surface area contributed by atoms with Crippen LogP contribution in [0.5, 0.6) is 5.75 Å². The second-order valence-electron chi connectivity index (χ2n) is 5.00. The molecule has 0 radical (unpaired) electrons. The van der Waals surface area contributed by atoms with Gasteiger partial charge in [0.2, 0.25) is 0 Å². The van der Waals surface area contributed by atoms with E-state index in [9.17, 15) is 13.2 Å². The number of nitrogens with two attached hydrogens (primary N) is 1. The standard InChI is InChI=1S/C14H16F3N3O/c1-9(2)13(18)12-7-19-8-20(12)10-4-3-5-11(6-10)21-14(15,16)17/h3-9,13H,18H2,1-2H3. The van der Waals surface area contributed by atoms with E-state index in [1.165, 1.54) is 24.5 Å². The third-order valence-corrected chi connectivity index (χ3v) is 3.06. The molecule has 0 aliphatic heterocycles. The van der Waals surface area contributed by atoms with Crippen molar-refractivity contribution in [2.45, 2.75) is 26.3 Å². The molecular formula is C14H16F3N3O. The number of hydrogen-bond acceptors (Lipinski definition) is 3. The van der Waals surface area contributed by atoms with E-state index < -0.39 is 6.36 Å². The van der Waals surface area contributed by atoms with Crippen molar-refractivity contribution >= 4 is 0 Å². The van der Waals surface area contributed by atoms with E-state index in [4.69, 9.17) is 5.73 Å². The van der Waals surface area contributed by atoms with Crippen LogP contribution >= 0.6 is 0 Å². The molecule has 0 spiro atoms. The molecule has 0 bridgehead atoms. The molecule has 0 fully saturated rings. The summed E-state index contributed by atoms with van der Waals surface area (Å²) in [5, 5.41) is 0. The monoisotopic (exact) mass is 299 g/mol. The first-order valence-electron chi connectivity index (χ1n) is 6.42. The van der Waals surface area contributed by atoms with Crippen LogP contribution in [0, 0.1) is 5.92 Å². The van der Waals surface area contributed by atoms with E-state index in [1.807, 2.05) is 13.8 Å². The minimum absolute atomic E-state index is 0.176. The van der Waals surface area contributed by atoms with Gasteiger partial charge in [0.25, 0.3) is 0 Å². The van der Waals surface area contributed by atoms with Crippen LogP contribution in [-0.2, 0) is 0 Å². The Kier molecular flexibility index (Phi) is 4.22. The fourth-order valence-electron chi connectivity index (χ4n) is 1.94. The Morgan fingerprint density at radius 1 is 1.29 bits per heavy atom. The van der Waals surface area contributed by atoms with E-state index in [-0.39, 0.29) is 17.7 Å². The van der Waals surface area contributed by atoms with Crippen molar-refractivity contribution in [3.8, 4) is 11.4 Å². The highest BCUT2D eigenvalue weighted by atomic mass is 19.4. The van der Waals surface area contributed by atoms with Crippen LogP contribution in [0.1, 0.15) is 25.6 Å². The first kappa shape index (κ1) is 15.4. The number of halogens is 3. The lowest BCUT2D eigenvalue weighted by atomic mass is 10.0. The smallest absolute Gasteiger partial charge is 0.406 e. The summed E-state index contributed by atoms with van der Waals surface area (Å²) in [5.41, 5.74) is 7.33. The predicted octanol–water partition coefficient (Wildman–Crippen LogP) is 3.43. The number of imidazole rings is 1. The fourth-order valence-corrected chi connectivity index (χ4v) is 1.94. The summed E-state index contributed by atoms with van der Waals surface area (Å²) in [7, 11) is 0. The molecule has 0 saturated carbocycles. The average Bonchev–Trinajstić information content (AvgIpc) is 2.85. The summed E-state index contributed by atoms with van der Waals surface area (Å²) in [6.07, 6.45) is -1.59. The molecule has 0 amide bonds. The van der Waals surface area contributed by atoms with E-state index in [0.717, 1.165) is 5.69 Å². The van der Waals surface area contributed by atoms with Crippen molar-refractivity contribution in [3.05, 3.63) is 42.5 Å². The van der Waals surface area contributed by atoms with Gasteiger partial charge in [-0.3, -0.25) is 0 Å². The van der Waals surface area contributed by atoms with Crippen LogP contribution in [0.15, 0.2) is 36.8 Å². The van der Waals surface area contributed by atoms with E-state index in [1.54, 1.807) is 16.8 Å². The molecule has 1 unspecified atom stereocenters. The minimum Gasteiger partial charge on any atom is -0.406 e. The Hall–Kier alpha value is -2.02. The molecule has 1 atom stereocenters. The number of benzene rings is 1. The van der Waals surface area contributed by atoms with E-state index in [2.05, 4.69) is 9.72 Å². The molecule has 4 nitrogen and oxygen atoms in total. The van der Waals surface area contributed by atoms with Gasteiger partial charge < -0.3 is 15.0 Å². The van der Waals surface area contributed by atoms with Gasteiger partial charge in [-0.05, 0) is 18.1 Å². The Labute approximate surface area is 120 Å². The van der Waals surface area contributed by atoms with Crippen molar-refractivity contribution in [1.82, 2.24) is 9.55 Å². The zero-order valence-electron chi connectivity index (χ0n) is 11.6. The van der Waals surface area contributed by atoms with Gasteiger partial charge in [-0.25, -0.2) is 4.98 Å². The molecule has 1 heterocycles. The fraction of sp³-hybridized carbons (Fsp3) is 0.357. The van der Waals surface area contributed by atoms with Gasteiger partial charge >= 0.3 is 6.36 Å². The SMILES string of the molecule is CC(C)C(N)c1cncn1-c1cccc(OC(F)(F)F)c1. The highest BCUT2D eigenvalue weighted by Crippen LogP contribution is 2.27. The van der Waals surface area contributed by atoms with Crippen LogP contribution in [0.2, 0.25) is 0 Å². The van der Waals surface area contributed by atoms with Gasteiger partial charge in [0.1, 0.15) is 5.75 Å². The third-order valence-electron chi connectivity index (χ3n) is 3.06. The maximum Gasteiger partial charge on any atom is 0.573 e. The van der Waals surface area contributed by atoms with Crippen molar-refractivity contribution in [2.24, 2.45) is 11.7 Å². The number of aromatic nitrogens is 2. The van der Waals surface area contributed by atoms with Crippen molar-refractivity contribution in [1.29, 1.82) is 0 Å². The molecule has 0 aliphatic carbocycles. The molecule has 21 heavy (non-hydrogen) atoms. The number of alkyl halides is 3. The van der Waals surface area contributed by atoms with E-state index in [0.29, 0.717) is 5.69 Å². The van der Waals surface area contributed by atoms with Crippen LogP contribution in [-0.4, -0.2) is 15.9 Å². The van der Waals surface area contributed by atoms with Gasteiger partial charge in [-0.2, -0.15) is 0 Å². The summed E-state index contributed by atoms with van der Waals surface area (Å²) in [4.78, 5) is 4.03. The third kappa shape index (κ3) is 3.75. The largest absolute Gasteiger partial charge is 0.573 e. The van der Waals surface area contributed by atoms with Crippen LogP contribution < -0.4 is 10.5 Å². The lowest BCUT2D eigenvalue weighted by Crippen LogP contribution is -2.20. The summed E-state index contributed by atoms with van der Waals surface area (Å²) >= 11 is 0. The van der Waals surface area contributed by atoms with Gasteiger partial charge in [-0.15, -0.1) is 13.2 Å². The normalized spacial score (nSPS) is 13.5. The minimum atomic E-state index is -4.72. The van der Waals surface area contributed by atoms with Crippen molar-refractivity contribution in [2.75, 3.05) is 0 Å². The molecule has 0 saturated heterocycles. The average molecular weight is 299 g/mol. The summed E-state index contributed by atoms with van der Waals surface area (Å²) in [5.74, 6) is -0.104. The highest BCUT2D eigenvalue weighted by Gasteiger charge is 2.31. The Morgan fingerprint density at radius 2 is 2.00 bits per heavy atom. The Morgan fingerprint density at radius 3 is 2.62 bits per heavy atom. The molecular weight excluding hydrogens is 283 g/mol. The highest BCUT2D eigenvalue weighted by molar-refractivity contribution is 5.41. The first-order valence-corrected chi connectivity index (χ1v) is 6.42. The van der Waals surface area contributed by atoms with Crippen LogP contribution in [0.3, 0.4) is 0 Å². The molecule has 1 aromatic heterocycles. The number of hydrogen-bond donors (Lipinski definition) is 1. The second kappa shape index (κ2) is 5.77. The lowest BCUT2D eigenvalue weighted by Gasteiger charge is -2.18. The van der Waals surface area contributed by atoms with Crippen LogP contribution in [0.4, 0.5) is 13.2 Å². The predicted molar refractivity (Wildman–Crippen MR) is 72.0 cm³/mol. The zero-order chi connectivity index (χ0) is 15.6. The summed E-state index contributed by atoms with van der Waals surface area (Å²) < 4.78 is 42.4.